The highest BCUT2D eigenvalue weighted by molar-refractivity contribution is 6.42. The van der Waals surface area contributed by atoms with Gasteiger partial charge in [0.15, 0.2) is 0 Å². The van der Waals surface area contributed by atoms with Crippen molar-refractivity contribution in [2.24, 2.45) is 0 Å². The van der Waals surface area contributed by atoms with Crippen LogP contribution in [0.1, 0.15) is 42.7 Å². The molecule has 1 aromatic carbocycles. The summed E-state index contributed by atoms with van der Waals surface area (Å²) in [5.41, 5.74) is 2.06. The molecule has 2 heterocycles. The van der Waals surface area contributed by atoms with Gasteiger partial charge in [-0.25, -0.2) is 0 Å². The van der Waals surface area contributed by atoms with E-state index < -0.39 is 0 Å². The topological polar surface area (TPSA) is 119 Å². The predicted octanol–water partition coefficient (Wildman–Crippen LogP) is 4.28. The number of carbonyl (C=O) groups is 2. The van der Waals surface area contributed by atoms with Gasteiger partial charge in [-0.15, -0.1) is 0 Å². The van der Waals surface area contributed by atoms with Crippen molar-refractivity contribution < 1.29 is 14.3 Å². The third-order valence-electron chi connectivity index (χ3n) is 6.16. The van der Waals surface area contributed by atoms with Crippen LogP contribution in [0.15, 0.2) is 59.7 Å². The number of likely N-dealkylation sites (tertiary alicyclic amines) is 1. The van der Waals surface area contributed by atoms with Crippen molar-refractivity contribution in [2.45, 2.75) is 39.3 Å². The van der Waals surface area contributed by atoms with Crippen molar-refractivity contribution >= 4 is 41.2 Å². The summed E-state index contributed by atoms with van der Waals surface area (Å²) in [6.45, 7) is 4.97. The first-order chi connectivity index (χ1) is 18.2. The van der Waals surface area contributed by atoms with Crippen molar-refractivity contribution in [3.05, 3.63) is 81.0 Å². The van der Waals surface area contributed by atoms with E-state index in [-0.39, 0.29) is 17.9 Å². The number of aromatic nitrogens is 1. The summed E-state index contributed by atoms with van der Waals surface area (Å²) in [5.74, 6) is 0.580. The molecule has 38 heavy (non-hydrogen) atoms. The van der Waals surface area contributed by atoms with Crippen LogP contribution in [0, 0.1) is 5.41 Å². The Labute approximate surface area is 232 Å². The fourth-order valence-corrected chi connectivity index (χ4v) is 4.25. The first kappa shape index (κ1) is 29.0. The van der Waals surface area contributed by atoms with Gasteiger partial charge in [0, 0.05) is 44.2 Å². The summed E-state index contributed by atoms with van der Waals surface area (Å²) in [4.78, 5) is 32.0. The Hall–Kier alpha value is -3.56. The average molecular weight is 559 g/mol. The molecule has 0 aliphatic carbocycles. The molecular formula is C27H32Cl2N6O3. The quantitative estimate of drug-likeness (QED) is 0.255. The number of nitrogens with zero attached hydrogens (tertiary/aromatic N) is 2. The molecule has 1 aromatic heterocycles. The van der Waals surface area contributed by atoms with Crippen LogP contribution < -0.4 is 20.7 Å². The third-order valence-corrected chi connectivity index (χ3v) is 6.90. The summed E-state index contributed by atoms with van der Waals surface area (Å²) in [6.07, 6.45) is 5.74. The van der Waals surface area contributed by atoms with Gasteiger partial charge in [-0.2, -0.15) is 0 Å². The molecule has 4 N–H and O–H groups in total. The summed E-state index contributed by atoms with van der Waals surface area (Å²) >= 11 is 12.1. The van der Waals surface area contributed by atoms with Gasteiger partial charge >= 0.3 is 0 Å². The number of allylic oxidation sites excluding steroid dienone is 2. The summed E-state index contributed by atoms with van der Waals surface area (Å²) in [7, 11) is 1.54. The number of ether oxygens (including phenoxy) is 1. The van der Waals surface area contributed by atoms with Crippen molar-refractivity contribution in [3.63, 3.8) is 0 Å². The highest BCUT2D eigenvalue weighted by Crippen LogP contribution is 2.22. The lowest BCUT2D eigenvalue weighted by atomic mass is 10.0. The first-order valence-corrected chi connectivity index (χ1v) is 12.9. The zero-order valence-corrected chi connectivity index (χ0v) is 23.1. The molecule has 202 valence electrons. The fourth-order valence-electron chi connectivity index (χ4n) is 3.93. The Morgan fingerprint density at radius 1 is 1.18 bits per heavy atom. The van der Waals surface area contributed by atoms with E-state index in [1.807, 2.05) is 13.0 Å². The van der Waals surface area contributed by atoms with Gasteiger partial charge in [0.25, 0.3) is 11.8 Å². The number of methoxy groups -OCH3 is 1. The molecule has 0 radical (unpaired) electrons. The lowest BCUT2D eigenvalue weighted by Gasteiger charge is -2.33. The van der Waals surface area contributed by atoms with Crippen LogP contribution in [0.4, 0.5) is 0 Å². The third kappa shape index (κ3) is 7.72. The zero-order valence-electron chi connectivity index (χ0n) is 21.6. The van der Waals surface area contributed by atoms with Gasteiger partial charge < -0.3 is 31.0 Å². The average Bonchev–Trinajstić information content (AvgIpc) is 2.95. The molecule has 1 fully saturated rings. The number of nitrogens with one attached hydrogen (secondary N) is 4. The van der Waals surface area contributed by atoms with Crippen molar-refractivity contribution in [3.8, 4) is 5.75 Å². The largest absolute Gasteiger partial charge is 0.497 e. The molecule has 1 aliphatic heterocycles. The number of piperidine rings is 1. The Morgan fingerprint density at radius 3 is 2.55 bits per heavy atom. The number of halogens is 2. The maximum absolute atomic E-state index is 13.2. The number of hydrogen-bond donors (Lipinski definition) is 4. The van der Waals surface area contributed by atoms with Crippen LogP contribution in [0.25, 0.3) is 0 Å². The highest BCUT2D eigenvalue weighted by atomic mass is 35.5. The number of rotatable bonds is 10. The molecule has 1 saturated heterocycles. The lowest BCUT2D eigenvalue weighted by Crippen LogP contribution is -2.47. The van der Waals surface area contributed by atoms with Crippen LogP contribution in [-0.2, 0) is 11.3 Å². The van der Waals surface area contributed by atoms with E-state index >= 15 is 0 Å². The molecule has 2 aromatic rings. The molecule has 11 heteroatoms. The van der Waals surface area contributed by atoms with E-state index in [1.165, 1.54) is 0 Å². The van der Waals surface area contributed by atoms with Crippen LogP contribution >= 0.6 is 23.2 Å². The van der Waals surface area contributed by atoms with E-state index in [9.17, 15) is 9.59 Å². The van der Waals surface area contributed by atoms with Crippen molar-refractivity contribution in [1.29, 1.82) is 5.41 Å². The van der Waals surface area contributed by atoms with Crippen molar-refractivity contribution in [1.82, 2.24) is 25.8 Å². The molecule has 0 saturated carbocycles. The number of carbonyl (C=O) groups excluding carboxylic acids is 2. The minimum Gasteiger partial charge on any atom is -0.497 e. The van der Waals surface area contributed by atoms with Crippen molar-refractivity contribution in [2.75, 3.05) is 20.2 Å². The first-order valence-electron chi connectivity index (χ1n) is 12.2. The van der Waals surface area contributed by atoms with Gasteiger partial charge in [0.2, 0.25) is 0 Å². The van der Waals surface area contributed by atoms with E-state index in [0.29, 0.717) is 71.1 Å². The molecule has 2 amide bonds. The minimum atomic E-state index is -0.361. The lowest BCUT2D eigenvalue weighted by molar-refractivity contribution is -0.117. The smallest absolute Gasteiger partial charge is 0.273 e. The monoisotopic (exact) mass is 558 g/mol. The predicted molar refractivity (Wildman–Crippen MR) is 150 cm³/mol. The van der Waals surface area contributed by atoms with Crippen LogP contribution in [0.3, 0.4) is 0 Å². The minimum absolute atomic E-state index is 0.0359. The van der Waals surface area contributed by atoms with E-state index in [2.05, 4.69) is 20.9 Å². The van der Waals surface area contributed by atoms with E-state index in [0.717, 1.165) is 11.8 Å². The second-order valence-corrected chi connectivity index (χ2v) is 9.57. The van der Waals surface area contributed by atoms with Gasteiger partial charge in [0.05, 0.1) is 17.2 Å². The Bertz CT molecular complexity index is 1240. The van der Waals surface area contributed by atoms with Gasteiger partial charge in [-0.05, 0) is 62.1 Å². The molecule has 0 atom stereocenters. The second-order valence-electron chi connectivity index (χ2n) is 8.75. The molecule has 9 nitrogen and oxygen atoms in total. The van der Waals surface area contributed by atoms with E-state index in [4.69, 9.17) is 33.3 Å². The second kappa shape index (κ2) is 13.8. The van der Waals surface area contributed by atoms with Crippen LogP contribution in [0.5, 0.6) is 5.75 Å². The Balaban J connectivity index is 1.58. The molecule has 0 bridgehead atoms. The standard InChI is InChI=1S/C27H32Cl2N6O3/c1-4-24(32-16-18-5-6-21(28)22(29)13-18)34-26(36)25(17(2)15-30)33-19-8-11-35(12-9-19)27(37)23-14-20(38-3)7-10-31-23/h4-7,10,13-15,19,30,32-33H,8-9,11-12,16H2,1-3H3,(H,34,36)/b24-4+,25-17-,30-15?. The summed E-state index contributed by atoms with van der Waals surface area (Å²) in [6, 6.07) is 8.62. The number of hydrogen-bond acceptors (Lipinski definition) is 7. The number of amides is 2. The summed E-state index contributed by atoms with van der Waals surface area (Å²) < 4.78 is 5.19. The Kier molecular flexibility index (Phi) is 10.6. The molecule has 0 unspecified atom stereocenters. The maximum Gasteiger partial charge on any atom is 0.273 e. The SMILES string of the molecule is C/C=C(\NCc1ccc(Cl)c(Cl)c1)NC(=O)/C(NC1CCN(C(=O)c2cc(OC)ccn2)CC1)=C(\C)C=N. The van der Waals surface area contributed by atoms with E-state index in [1.54, 1.807) is 55.5 Å². The van der Waals surface area contributed by atoms with Gasteiger partial charge in [-0.3, -0.25) is 14.6 Å². The highest BCUT2D eigenvalue weighted by Gasteiger charge is 2.26. The maximum atomic E-state index is 13.2. The molecule has 1 aliphatic rings. The van der Waals surface area contributed by atoms with Crippen LogP contribution in [-0.4, -0.2) is 54.2 Å². The molecule has 0 spiro atoms. The number of benzene rings is 1. The molecule has 3 rings (SSSR count). The van der Waals surface area contributed by atoms with Crippen LogP contribution in [0.2, 0.25) is 10.0 Å². The zero-order chi connectivity index (χ0) is 27.7. The fraction of sp³-hybridized carbons (Fsp3) is 0.333. The van der Waals surface area contributed by atoms with Gasteiger partial charge in [-0.1, -0.05) is 29.3 Å². The Morgan fingerprint density at radius 2 is 1.92 bits per heavy atom. The van der Waals surface area contributed by atoms with Gasteiger partial charge in [0.1, 0.15) is 23.0 Å². The number of pyridine rings is 1. The molecular weight excluding hydrogens is 527 g/mol. The summed E-state index contributed by atoms with van der Waals surface area (Å²) in [5, 5.41) is 18.0. The normalized spacial score (nSPS) is 14.9.